The van der Waals surface area contributed by atoms with Crippen molar-refractivity contribution < 1.29 is 9.47 Å². The van der Waals surface area contributed by atoms with Crippen LogP contribution in [0.25, 0.3) is 21.8 Å². The number of methoxy groups -OCH3 is 2. The molecular weight excluding hydrogens is 254 g/mol. The number of benzene rings is 2. The SMILES string of the molecule is COc1cc(OC)c2c(=O)c3ccccc3n(C)c2c1. The van der Waals surface area contributed by atoms with Crippen molar-refractivity contribution in [3.8, 4) is 11.5 Å². The molecular formula is C16H15NO3. The van der Waals surface area contributed by atoms with Crippen LogP contribution in [-0.4, -0.2) is 18.8 Å². The second-order valence-corrected chi connectivity index (χ2v) is 4.63. The summed E-state index contributed by atoms with van der Waals surface area (Å²) in [5, 5.41) is 1.26. The third-order valence-corrected chi connectivity index (χ3v) is 3.61. The maximum atomic E-state index is 12.7. The number of aromatic nitrogens is 1. The predicted octanol–water partition coefficient (Wildman–Crippen LogP) is 2.71. The van der Waals surface area contributed by atoms with Crippen LogP contribution < -0.4 is 14.9 Å². The maximum Gasteiger partial charge on any atom is 0.200 e. The minimum absolute atomic E-state index is 0.0202. The molecule has 102 valence electrons. The summed E-state index contributed by atoms with van der Waals surface area (Å²) in [5.74, 6) is 1.20. The number of pyridine rings is 1. The molecule has 0 aliphatic heterocycles. The molecule has 0 bridgehead atoms. The van der Waals surface area contributed by atoms with Gasteiger partial charge in [-0.15, -0.1) is 0 Å². The Morgan fingerprint density at radius 2 is 1.75 bits per heavy atom. The Hall–Kier alpha value is -2.49. The average molecular weight is 269 g/mol. The summed E-state index contributed by atoms with van der Waals surface area (Å²) in [7, 11) is 5.09. The summed E-state index contributed by atoms with van der Waals surface area (Å²) >= 11 is 0. The normalized spacial score (nSPS) is 10.9. The number of aryl methyl sites for hydroxylation is 1. The lowest BCUT2D eigenvalue weighted by molar-refractivity contribution is 0.397. The number of nitrogens with zero attached hydrogens (tertiary/aromatic N) is 1. The number of hydrogen-bond acceptors (Lipinski definition) is 3. The molecule has 4 heteroatoms. The second-order valence-electron chi connectivity index (χ2n) is 4.63. The fourth-order valence-corrected chi connectivity index (χ4v) is 2.57. The first-order valence-corrected chi connectivity index (χ1v) is 6.31. The lowest BCUT2D eigenvalue weighted by Crippen LogP contribution is -2.10. The monoisotopic (exact) mass is 269 g/mol. The van der Waals surface area contributed by atoms with E-state index in [2.05, 4.69) is 0 Å². The molecule has 0 N–H and O–H groups in total. The second kappa shape index (κ2) is 4.56. The molecule has 0 saturated heterocycles. The number of hydrogen-bond donors (Lipinski definition) is 0. The summed E-state index contributed by atoms with van der Waals surface area (Å²) in [4.78, 5) is 12.7. The molecule has 2 aromatic carbocycles. The Morgan fingerprint density at radius 1 is 1.00 bits per heavy atom. The molecule has 4 nitrogen and oxygen atoms in total. The fourth-order valence-electron chi connectivity index (χ4n) is 2.57. The molecule has 0 saturated carbocycles. The highest BCUT2D eigenvalue weighted by molar-refractivity contribution is 5.97. The molecule has 3 aromatic rings. The van der Waals surface area contributed by atoms with Crippen LogP contribution in [0, 0.1) is 0 Å². The molecule has 0 radical (unpaired) electrons. The third-order valence-electron chi connectivity index (χ3n) is 3.61. The molecule has 20 heavy (non-hydrogen) atoms. The Labute approximate surface area is 116 Å². The van der Waals surface area contributed by atoms with Crippen LogP contribution in [0.5, 0.6) is 11.5 Å². The van der Waals surface area contributed by atoms with Crippen molar-refractivity contribution in [2.75, 3.05) is 14.2 Å². The molecule has 0 aliphatic rings. The van der Waals surface area contributed by atoms with E-state index >= 15 is 0 Å². The molecule has 1 aromatic heterocycles. The average Bonchev–Trinajstić information content (AvgIpc) is 2.51. The molecule has 0 aliphatic carbocycles. The van der Waals surface area contributed by atoms with Gasteiger partial charge in [-0.05, 0) is 12.1 Å². The van der Waals surface area contributed by atoms with E-state index in [1.54, 1.807) is 20.3 Å². The zero-order chi connectivity index (χ0) is 14.3. The first-order chi connectivity index (χ1) is 9.67. The van der Waals surface area contributed by atoms with Crippen LogP contribution in [0.3, 0.4) is 0 Å². The molecule has 0 fully saturated rings. The number of para-hydroxylation sites is 1. The third kappa shape index (κ3) is 1.65. The largest absolute Gasteiger partial charge is 0.497 e. The van der Waals surface area contributed by atoms with Gasteiger partial charge < -0.3 is 14.0 Å². The van der Waals surface area contributed by atoms with Crippen molar-refractivity contribution in [2.24, 2.45) is 7.05 Å². The molecule has 3 rings (SSSR count). The van der Waals surface area contributed by atoms with Gasteiger partial charge in [-0.3, -0.25) is 4.79 Å². The van der Waals surface area contributed by atoms with E-state index in [1.165, 1.54) is 0 Å². The van der Waals surface area contributed by atoms with Crippen LogP contribution in [0.15, 0.2) is 41.2 Å². The smallest absolute Gasteiger partial charge is 0.200 e. The van der Waals surface area contributed by atoms with Crippen molar-refractivity contribution in [1.29, 1.82) is 0 Å². The molecule has 0 amide bonds. The van der Waals surface area contributed by atoms with E-state index in [0.717, 1.165) is 11.0 Å². The van der Waals surface area contributed by atoms with E-state index in [9.17, 15) is 4.79 Å². The van der Waals surface area contributed by atoms with Crippen molar-refractivity contribution in [1.82, 2.24) is 4.57 Å². The Morgan fingerprint density at radius 3 is 2.45 bits per heavy atom. The molecule has 0 spiro atoms. The van der Waals surface area contributed by atoms with Gasteiger partial charge >= 0.3 is 0 Å². The summed E-state index contributed by atoms with van der Waals surface area (Å²) < 4.78 is 12.6. The van der Waals surface area contributed by atoms with Crippen LogP contribution in [0.1, 0.15) is 0 Å². The minimum Gasteiger partial charge on any atom is -0.497 e. The Balaban J connectivity index is 2.62. The zero-order valence-electron chi connectivity index (χ0n) is 11.6. The van der Waals surface area contributed by atoms with Gasteiger partial charge in [0.05, 0.1) is 30.6 Å². The lowest BCUT2D eigenvalue weighted by atomic mass is 10.1. The Bertz CT molecular complexity index is 865. The highest BCUT2D eigenvalue weighted by atomic mass is 16.5. The molecule has 0 atom stereocenters. The standard InChI is InChI=1S/C16H15NO3/c1-17-12-7-5-4-6-11(12)16(18)15-13(17)8-10(19-2)9-14(15)20-3/h4-9H,1-3H3. The summed E-state index contributed by atoms with van der Waals surface area (Å²) in [6, 6.07) is 11.1. The number of rotatable bonds is 2. The number of fused-ring (bicyclic) bond motifs is 2. The summed E-state index contributed by atoms with van der Waals surface area (Å²) in [5.41, 5.74) is 1.67. The van der Waals surface area contributed by atoms with Crippen LogP contribution in [0.2, 0.25) is 0 Å². The summed E-state index contributed by atoms with van der Waals surface area (Å²) in [6.07, 6.45) is 0. The van der Waals surface area contributed by atoms with Gasteiger partial charge in [-0.2, -0.15) is 0 Å². The topological polar surface area (TPSA) is 40.5 Å². The van der Waals surface area contributed by atoms with E-state index in [4.69, 9.17) is 9.47 Å². The van der Waals surface area contributed by atoms with Crippen molar-refractivity contribution in [2.45, 2.75) is 0 Å². The molecule has 1 heterocycles. The van der Waals surface area contributed by atoms with Gasteiger partial charge in [0.1, 0.15) is 11.5 Å². The first-order valence-electron chi connectivity index (χ1n) is 6.31. The van der Waals surface area contributed by atoms with Crippen molar-refractivity contribution >= 4 is 21.8 Å². The highest BCUT2D eigenvalue weighted by Crippen LogP contribution is 2.30. The van der Waals surface area contributed by atoms with E-state index < -0.39 is 0 Å². The van der Waals surface area contributed by atoms with Gasteiger partial charge in [0, 0.05) is 24.6 Å². The number of ether oxygens (including phenoxy) is 2. The van der Waals surface area contributed by atoms with Gasteiger partial charge in [0.2, 0.25) is 5.43 Å². The van der Waals surface area contributed by atoms with Crippen LogP contribution >= 0.6 is 0 Å². The first kappa shape index (κ1) is 12.5. The maximum absolute atomic E-state index is 12.7. The van der Waals surface area contributed by atoms with Gasteiger partial charge in [0.25, 0.3) is 0 Å². The minimum atomic E-state index is -0.0202. The van der Waals surface area contributed by atoms with E-state index in [1.807, 2.05) is 41.9 Å². The highest BCUT2D eigenvalue weighted by Gasteiger charge is 2.14. The summed E-state index contributed by atoms with van der Waals surface area (Å²) in [6.45, 7) is 0. The van der Waals surface area contributed by atoms with E-state index in [-0.39, 0.29) is 5.43 Å². The van der Waals surface area contributed by atoms with Crippen molar-refractivity contribution in [3.05, 3.63) is 46.6 Å². The van der Waals surface area contributed by atoms with Crippen LogP contribution in [-0.2, 0) is 7.05 Å². The Kier molecular flexibility index (Phi) is 2.86. The van der Waals surface area contributed by atoms with Gasteiger partial charge in [-0.25, -0.2) is 0 Å². The van der Waals surface area contributed by atoms with E-state index in [0.29, 0.717) is 22.3 Å². The van der Waals surface area contributed by atoms with Crippen LogP contribution in [0.4, 0.5) is 0 Å². The fraction of sp³-hybridized carbons (Fsp3) is 0.188. The lowest BCUT2D eigenvalue weighted by Gasteiger charge is -2.14. The quantitative estimate of drug-likeness (QED) is 0.672. The zero-order valence-corrected chi connectivity index (χ0v) is 11.6. The predicted molar refractivity (Wildman–Crippen MR) is 79.8 cm³/mol. The molecule has 0 unspecified atom stereocenters. The van der Waals surface area contributed by atoms with Crippen molar-refractivity contribution in [3.63, 3.8) is 0 Å². The van der Waals surface area contributed by atoms with Gasteiger partial charge in [0.15, 0.2) is 0 Å². The van der Waals surface area contributed by atoms with Gasteiger partial charge in [-0.1, -0.05) is 12.1 Å².